The summed E-state index contributed by atoms with van der Waals surface area (Å²) in [5, 5.41) is 0.367. The second kappa shape index (κ2) is 4.50. The van der Waals surface area contributed by atoms with E-state index in [1.54, 1.807) is 6.07 Å². The third kappa shape index (κ3) is 2.15. The van der Waals surface area contributed by atoms with E-state index in [9.17, 15) is 8.78 Å². The van der Waals surface area contributed by atoms with Crippen LogP contribution in [0.2, 0.25) is 0 Å². The molecule has 72 valence electrons. The molecule has 1 aromatic rings. The highest BCUT2D eigenvalue weighted by Gasteiger charge is 2.18. The fourth-order valence-electron chi connectivity index (χ4n) is 1.00. The molecule has 0 bridgehead atoms. The Morgan fingerprint density at radius 3 is 2.77 bits per heavy atom. The summed E-state index contributed by atoms with van der Waals surface area (Å²) >= 11 is 3.12. The molecule has 13 heavy (non-hydrogen) atoms. The van der Waals surface area contributed by atoms with Crippen molar-refractivity contribution in [3.8, 4) is 5.88 Å². The molecule has 0 fully saturated rings. The van der Waals surface area contributed by atoms with Gasteiger partial charge in [0, 0.05) is 11.5 Å². The van der Waals surface area contributed by atoms with Crippen LogP contribution < -0.4 is 4.74 Å². The van der Waals surface area contributed by atoms with Crippen LogP contribution in [0.1, 0.15) is 17.6 Å². The van der Waals surface area contributed by atoms with Gasteiger partial charge in [0.2, 0.25) is 5.88 Å². The van der Waals surface area contributed by atoms with Gasteiger partial charge in [-0.1, -0.05) is 15.9 Å². The molecule has 0 amide bonds. The van der Waals surface area contributed by atoms with Crippen molar-refractivity contribution in [3.05, 3.63) is 23.4 Å². The Morgan fingerprint density at radius 2 is 2.31 bits per heavy atom. The van der Waals surface area contributed by atoms with Crippen LogP contribution in [0.25, 0.3) is 0 Å². The topological polar surface area (TPSA) is 22.1 Å². The quantitative estimate of drug-likeness (QED) is 0.771. The number of methoxy groups -OCH3 is 1. The van der Waals surface area contributed by atoms with Gasteiger partial charge in [-0.2, -0.15) is 0 Å². The first-order valence-electron chi connectivity index (χ1n) is 3.56. The Hall–Kier alpha value is -0.710. The van der Waals surface area contributed by atoms with Crippen LogP contribution in [0.3, 0.4) is 0 Å². The molecular formula is C8H8BrF2NO. The van der Waals surface area contributed by atoms with E-state index in [1.165, 1.54) is 13.3 Å². The van der Waals surface area contributed by atoms with Crippen molar-refractivity contribution in [2.75, 3.05) is 7.11 Å². The summed E-state index contributed by atoms with van der Waals surface area (Å²) in [6, 6.07) is 1.54. The monoisotopic (exact) mass is 251 g/mol. The molecule has 0 aliphatic rings. The van der Waals surface area contributed by atoms with Crippen molar-refractivity contribution in [1.29, 1.82) is 0 Å². The first kappa shape index (κ1) is 10.4. The molecule has 1 heterocycles. The van der Waals surface area contributed by atoms with Crippen LogP contribution in [-0.4, -0.2) is 12.1 Å². The molecule has 0 radical (unpaired) electrons. The van der Waals surface area contributed by atoms with Gasteiger partial charge in [-0.3, -0.25) is 0 Å². The number of alkyl halides is 3. The molecule has 0 spiro atoms. The number of nitrogens with zero attached hydrogens (tertiary/aromatic N) is 1. The summed E-state index contributed by atoms with van der Waals surface area (Å²) in [5.41, 5.74) is 0.365. The lowest BCUT2D eigenvalue weighted by Crippen LogP contribution is -1.99. The summed E-state index contributed by atoms with van der Waals surface area (Å²) < 4.78 is 29.8. The van der Waals surface area contributed by atoms with E-state index in [0.29, 0.717) is 10.9 Å². The highest BCUT2D eigenvalue weighted by molar-refractivity contribution is 9.08. The van der Waals surface area contributed by atoms with Crippen LogP contribution in [0, 0.1) is 0 Å². The zero-order valence-electron chi connectivity index (χ0n) is 6.93. The highest BCUT2D eigenvalue weighted by atomic mass is 79.9. The summed E-state index contributed by atoms with van der Waals surface area (Å²) in [5.74, 6) is -0.00745. The van der Waals surface area contributed by atoms with Crippen LogP contribution in [0.5, 0.6) is 5.88 Å². The summed E-state index contributed by atoms with van der Waals surface area (Å²) in [4.78, 5) is 3.70. The Labute approximate surface area is 83.1 Å². The molecule has 0 aromatic carbocycles. The minimum absolute atomic E-state index is 0.00745. The van der Waals surface area contributed by atoms with Crippen molar-refractivity contribution < 1.29 is 13.5 Å². The molecule has 0 saturated carbocycles. The van der Waals surface area contributed by atoms with Gasteiger partial charge >= 0.3 is 0 Å². The zero-order valence-corrected chi connectivity index (χ0v) is 8.51. The van der Waals surface area contributed by atoms with Gasteiger partial charge in [-0.05, 0) is 11.6 Å². The molecule has 0 saturated heterocycles. The average molecular weight is 252 g/mol. The van der Waals surface area contributed by atoms with Gasteiger partial charge in [-0.15, -0.1) is 0 Å². The minimum atomic E-state index is -2.56. The Bertz CT molecular complexity index is 271. The van der Waals surface area contributed by atoms with E-state index in [4.69, 9.17) is 4.74 Å². The first-order chi connectivity index (χ1) is 6.20. The number of aromatic nitrogens is 1. The number of pyridine rings is 1. The average Bonchev–Trinajstić information content (AvgIpc) is 2.16. The number of hydrogen-bond donors (Lipinski definition) is 0. The van der Waals surface area contributed by atoms with E-state index in [1.807, 2.05) is 0 Å². The van der Waals surface area contributed by atoms with Crippen LogP contribution >= 0.6 is 15.9 Å². The van der Waals surface area contributed by atoms with Crippen molar-refractivity contribution in [1.82, 2.24) is 4.98 Å². The van der Waals surface area contributed by atoms with Crippen LogP contribution in [0.4, 0.5) is 8.78 Å². The largest absolute Gasteiger partial charge is 0.481 e. The fraction of sp³-hybridized carbons (Fsp3) is 0.375. The van der Waals surface area contributed by atoms with E-state index >= 15 is 0 Å². The van der Waals surface area contributed by atoms with E-state index in [2.05, 4.69) is 20.9 Å². The summed E-state index contributed by atoms with van der Waals surface area (Å²) in [6.45, 7) is 0. The first-order valence-corrected chi connectivity index (χ1v) is 4.68. The normalized spacial score (nSPS) is 10.5. The van der Waals surface area contributed by atoms with Gasteiger partial charge in [0.1, 0.15) is 0 Å². The Kier molecular flexibility index (Phi) is 3.59. The van der Waals surface area contributed by atoms with E-state index < -0.39 is 6.43 Å². The Morgan fingerprint density at radius 1 is 1.62 bits per heavy atom. The lowest BCUT2D eigenvalue weighted by molar-refractivity contribution is 0.145. The third-order valence-corrected chi connectivity index (χ3v) is 2.20. The Balaban J connectivity index is 3.21. The van der Waals surface area contributed by atoms with Crippen molar-refractivity contribution in [3.63, 3.8) is 0 Å². The second-order valence-electron chi connectivity index (χ2n) is 2.33. The van der Waals surface area contributed by atoms with Crippen molar-refractivity contribution in [2.24, 2.45) is 0 Å². The summed E-state index contributed by atoms with van der Waals surface area (Å²) in [7, 11) is 1.33. The molecule has 0 N–H and O–H groups in total. The smallest absolute Gasteiger partial charge is 0.269 e. The van der Waals surface area contributed by atoms with Gasteiger partial charge in [0.05, 0.1) is 12.7 Å². The molecular weight excluding hydrogens is 244 g/mol. The second-order valence-corrected chi connectivity index (χ2v) is 2.89. The van der Waals surface area contributed by atoms with E-state index in [-0.39, 0.29) is 11.4 Å². The van der Waals surface area contributed by atoms with Gasteiger partial charge in [0.25, 0.3) is 6.43 Å². The van der Waals surface area contributed by atoms with Crippen LogP contribution in [-0.2, 0) is 5.33 Å². The zero-order chi connectivity index (χ0) is 9.84. The van der Waals surface area contributed by atoms with Gasteiger partial charge in [0.15, 0.2) is 0 Å². The van der Waals surface area contributed by atoms with Crippen molar-refractivity contribution in [2.45, 2.75) is 11.8 Å². The number of ether oxygens (including phenoxy) is 1. The SMILES string of the molecule is COc1nccc(CBr)c1C(F)F. The van der Waals surface area contributed by atoms with Gasteiger partial charge < -0.3 is 4.74 Å². The molecule has 0 aliphatic heterocycles. The molecule has 2 nitrogen and oxygen atoms in total. The number of halogens is 3. The fourth-order valence-corrected chi connectivity index (χ4v) is 1.49. The maximum Gasteiger partial charge on any atom is 0.269 e. The van der Waals surface area contributed by atoms with Gasteiger partial charge in [-0.25, -0.2) is 13.8 Å². The van der Waals surface area contributed by atoms with E-state index in [0.717, 1.165) is 0 Å². The molecule has 1 rings (SSSR count). The van der Waals surface area contributed by atoms with Crippen molar-refractivity contribution >= 4 is 15.9 Å². The maximum atomic E-state index is 12.5. The molecule has 0 unspecified atom stereocenters. The lowest BCUT2D eigenvalue weighted by atomic mass is 10.1. The minimum Gasteiger partial charge on any atom is -0.481 e. The van der Waals surface area contributed by atoms with Crippen LogP contribution in [0.15, 0.2) is 12.3 Å². The predicted octanol–water partition coefficient (Wildman–Crippen LogP) is 2.92. The highest BCUT2D eigenvalue weighted by Crippen LogP contribution is 2.31. The molecule has 1 aromatic heterocycles. The predicted molar refractivity (Wildman–Crippen MR) is 48.4 cm³/mol. The maximum absolute atomic E-state index is 12.5. The molecule has 5 heteroatoms. The molecule has 0 aliphatic carbocycles. The number of hydrogen-bond acceptors (Lipinski definition) is 2. The number of rotatable bonds is 3. The lowest BCUT2D eigenvalue weighted by Gasteiger charge is -2.09. The third-order valence-electron chi connectivity index (χ3n) is 1.60. The summed E-state index contributed by atoms with van der Waals surface area (Å²) in [6.07, 6.45) is -1.11. The molecule has 0 atom stereocenters. The standard InChI is InChI=1S/C8H8BrF2NO/c1-13-8-6(7(10)11)5(4-9)2-3-12-8/h2-3,7H,4H2,1H3.